The van der Waals surface area contributed by atoms with Crippen molar-refractivity contribution in [1.82, 2.24) is 4.57 Å². The van der Waals surface area contributed by atoms with Crippen LogP contribution >= 0.6 is 0 Å². The molecule has 1 aliphatic heterocycles. The maximum atomic E-state index is 15.1. The first-order valence-electron chi connectivity index (χ1n) is 10.8. The van der Waals surface area contributed by atoms with E-state index in [1.54, 1.807) is 18.2 Å². The number of furan rings is 1. The van der Waals surface area contributed by atoms with E-state index in [1.165, 1.54) is 35.1 Å². The maximum Gasteiger partial charge on any atom is 0.353 e. The predicted molar refractivity (Wildman–Crippen MR) is 125 cm³/mol. The molecule has 35 heavy (non-hydrogen) atoms. The Bertz CT molecular complexity index is 1700. The van der Waals surface area contributed by atoms with E-state index in [2.05, 4.69) is 4.99 Å². The number of carboxylic acid groups (broad SMARTS) is 1. The Morgan fingerprint density at radius 3 is 2.83 bits per heavy atom. The van der Waals surface area contributed by atoms with Crippen molar-refractivity contribution in [3.05, 3.63) is 88.3 Å². The monoisotopic (exact) mass is 473 g/mol. The molecule has 0 fully saturated rings. The van der Waals surface area contributed by atoms with E-state index in [0.29, 0.717) is 11.1 Å². The number of aromatic nitrogens is 1. The zero-order chi connectivity index (χ0) is 24.4. The number of Topliss-reactive ketones (excluding diaryl/α,β-unsaturated/α-hetero) is 1. The minimum absolute atomic E-state index is 0.0981. The summed E-state index contributed by atoms with van der Waals surface area (Å²) < 4.78 is 37.0. The maximum absolute atomic E-state index is 15.1. The van der Waals surface area contributed by atoms with Crippen molar-refractivity contribution in [2.45, 2.75) is 19.5 Å². The number of benzene rings is 2. The van der Waals surface area contributed by atoms with Gasteiger partial charge in [-0.2, -0.15) is 0 Å². The van der Waals surface area contributed by atoms with Crippen LogP contribution in [0.5, 0.6) is 0 Å². The summed E-state index contributed by atoms with van der Waals surface area (Å²) in [6.07, 6.45) is 6.27. The molecule has 4 aromatic rings. The third-order valence-corrected chi connectivity index (χ3v) is 6.49. The first-order valence-corrected chi connectivity index (χ1v) is 10.8. The molecule has 0 radical (unpaired) electrons. The fraction of sp³-hybridized carbons (Fsp3) is 0.115. The van der Waals surface area contributed by atoms with E-state index in [9.17, 15) is 14.7 Å². The van der Waals surface area contributed by atoms with Gasteiger partial charge in [-0.25, -0.2) is 13.6 Å². The van der Waals surface area contributed by atoms with Gasteiger partial charge in [0.25, 0.3) is 0 Å². The van der Waals surface area contributed by atoms with Crippen LogP contribution in [0.25, 0.3) is 27.4 Å². The number of aromatic carboxylic acids is 1. The van der Waals surface area contributed by atoms with Gasteiger partial charge in [-0.15, -0.1) is 0 Å². The van der Waals surface area contributed by atoms with Crippen LogP contribution < -0.4 is 5.73 Å². The van der Waals surface area contributed by atoms with E-state index in [0.717, 1.165) is 0 Å². The number of carbonyl (C=O) groups excluding carboxylic acids is 1. The summed E-state index contributed by atoms with van der Waals surface area (Å²) in [5.74, 6) is -2.60. The molecule has 0 amide bonds. The SMILES string of the molecule is NC1=NCc2cc(Cn3c(C(=O)O)c(C4=CC=CCC4=O)c4c5occc5c(F)cc43)c(F)cc21. The molecular weight excluding hydrogens is 456 g/mol. The summed E-state index contributed by atoms with van der Waals surface area (Å²) in [6.45, 7) is 0.0629. The van der Waals surface area contributed by atoms with Gasteiger partial charge < -0.3 is 19.8 Å². The summed E-state index contributed by atoms with van der Waals surface area (Å²) >= 11 is 0. The van der Waals surface area contributed by atoms with E-state index in [4.69, 9.17) is 10.2 Å². The molecule has 1 aliphatic carbocycles. The molecule has 3 heterocycles. The molecule has 7 nitrogen and oxygen atoms in total. The molecule has 2 aromatic carbocycles. The first kappa shape index (κ1) is 21.0. The van der Waals surface area contributed by atoms with Crippen LogP contribution in [0.15, 0.2) is 58.2 Å². The van der Waals surface area contributed by atoms with Crippen molar-refractivity contribution in [2.24, 2.45) is 10.7 Å². The summed E-state index contributed by atoms with van der Waals surface area (Å²) in [5.41, 5.74) is 7.55. The van der Waals surface area contributed by atoms with Crippen molar-refractivity contribution in [1.29, 1.82) is 0 Å². The molecule has 0 atom stereocenters. The lowest BCUT2D eigenvalue weighted by molar-refractivity contribution is -0.113. The first-order chi connectivity index (χ1) is 16.8. The second kappa shape index (κ2) is 7.49. The van der Waals surface area contributed by atoms with Gasteiger partial charge in [0, 0.05) is 28.7 Å². The molecule has 6 rings (SSSR count). The molecule has 0 saturated carbocycles. The van der Waals surface area contributed by atoms with Crippen molar-refractivity contribution < 1.29 is 27.9 Å². The Hall–Kier alpha value is -4.53. The van der Waals surface area contributed by atoms with Gasteiger partial charge >= 0.3 is 5.97 Å². The summed E-state index contributed by atoms with van der Waals surface area (Å²) in [4.78, 5) is 29.5. The zero-order valence-corrected chi connectivity index (χ0v) is 18.1. The fourth-order valence-corrected chi connectivity index (χ4v) is 4.90. The third kappa shape index (κ3) is 3.04. The van der Waals surface area contributed by atoms with Crippen LogP contribution in [0.1, 0.15) is 39.2 Å². The number of hydrogen-bond acceptors (Lipinski definition) is 5. The number of halogens is 2. The van der Waals surface area contributed by atoms with Gasteiger partial charge in [-0.3, -0.25) is 9.79 Å². The Labute approximate surface area is 196 Å². The Kier molecular flexibility index (Phi) is 4.50. The van der Waals surface area contributed by atoms with Crippen LogP contribution in [-0.4, -0.2) is 27.3 Å². The number of aliphatic imine (C=N–C) groups is 1. The smallest absolute Gasteiger partial charge is 0.353 e. The van der Waals surface area contributed by atoms with E-state index in [1.807, 2.05) is 0 Å². The fourth-order valence-electron chi connectivity index (χ4n) is 4.90. The van der Waals surface area contributed by atoms with Crippen LogP contribution in [0.2, 0.25) is 0 Å². The number of allylic oxidation sites excluding steroid dienone is 4. The van der Waals surface area contributed by atoms with Crippen molar-refractivity contribution in [3.8, 4) is 0 Å². The van der Waals surface area contributed by atoms with Gasteiger partial charge in [-0.1, -0.05) is 18.2 Å². The quantitative estimate of drug-likeness (QED) is 0.452. The number of rotatable bonds is 4. The van der Waals surface area contributed by atoms with Crippen LogP contribution in [0, 0.1) is 11.6 Å². The topological polar surface area (TPSA) is 111 Å². The number of nitrogens with two attached hydrogens (primary N) is 1. The molecule has 2 aliphatic rings. The molecule has 0 saturated heterocycles. The van der Waals surface area contributed by atoms with E-state index >= 15 is 8.78 Å². The molecular formula is C26H17F2N3O4. The lowest BCUT2D eigenvalue weighted by Gasteiger charge is -2.13. The number of fused-ring (bicyclic) bond motifs is 4. The van der Waals surface area contributed by atoms with Crippen molar-refractivity contribution in [2.75, 3.05) is 0 Å². The summed E-state index contributed by atoms with van der Waals surface area (Å²) in [5, 5.41) is 10.7. The average molecular weight is 473 g/mol. The standard InChI is InChI=1S/C26H17F2N3O4/c27-17-8-16-12(10-30-25(16)29)7-13(17)11-31-19-9-18(28)14-5-6-35-24(14)22(19)21(23(31)26(33)34)15-3-1-2-4-20(15)32/h1-3,5-9H,4,10-11H2,(H2,29,30)(H,33,34). The molecule has 0 unspecified atom stereocenters. The highest BCUT2D eigenvalue weighted by Gasteiger charge is 2.31. The molecule has 0 bridgehead atoms. The third-order valence-electron chi connectivity index (χ3n) is 6.49. The van der Waals surface area contributed by atoms with Crippen LogP contribution in [0.4, 0.5) is 8.78 Å². The molecule has 3 N–H and O–H groups in total. The second-order valence-corrected chi connectivity index (χ2v) is 8.47. The van der Waals surface area contributed by atoms with E-state index < -0.39 is 17.6 Å². The Morgan fingerprint density at radius 1 is 1.23 bits per heavy atom. The highest BCUT2D eigenvalue weighted by molar-refractivity contribution is 6.29. The molecule has 9 heteroatoms. The number of hydrogen-bond donors (Lipinski definition) is 2. The number of amidine groups is 1. The molecule has 0 spiro atoms. The molecule has 2 aromatic heterocycles. The average Bonchev–Trinajstić information content (AvgIpc) is 3.52. The van der Waals surface area contributed by atoms with Gasteiger partial charge in [0.2, 0.25) is 0 Å². The van der Waals surface area contributed by atoms with E-state index in [-0.39, 0.29) is 75.4 Å². The largest absolute Gasteiger partial charge is 0.477 e. The summed E-state index contributed by atoms with van der Waals surface area (Å²) in [6, 6.07) is 5.49. The zero-order valence-electron chi connectivity index (χ0n) is 18.1. The summed E-state index contributed by atoms with van der Waals surface area (Å²) in [7, 11) is 0. The molecule has 174 valence electrons. The number of carboxylic acids is 1. The predicted octanol–water partition coefficient (Wildman–Crippen LogP) is 4.54. The van der Waals surface area contributed by atoms with Crippen LogP contribution in [0.3, 0.4) is 0 Å². The Balaban J connectivity index is 1.68. The van der Waals surface area contributed by atoms with Gasteiger partial charge in [0.05, 0.1) is 35.6 Å². The minimum atomic E-state index is -1.34. The van der Waals surface area contributed by atoms with Crippen LogP contribution in [-0.2, 0) is 17.9 Å². The van der Waals surface area contributed by atoms with Gasteiger partial charge in [0.15, 0.2) is 5.78 Å². The van der Waals surface area contributed by atoms with Crippen molar-refractivity contribution >= 4 is 45.0 Å². The second-order valence-electron chi connectivity index (χ2n) is 8.47. The Morgan fingerprint density at radius 2 is 2.06 bits per heavy atom. The minimum Gasteiger partial charge on any atom is -0.477 e. The lowest BCUT2D eigenvalue weighted by atomic mass is 9.93. The lowest BCUT2D eigenvalue weighted by Crippen LogP contribution is -2.15. The number of carbonyl (C=O) groups is 2. The highest BCUT2D eigenvalue weighted by atomic mass is 19.1. The highest BCUT2D eigenvalue weighted by Crippen LogP contribution is 2.40. The van der Waals surface area contributed by atoms with Crippen molar-refractivity contribution in [3.63, 3.8) is 0 Å². The number of ketones is 1. The normalized spacial score (nSPS) is 15.1. The van der Waals surface area contributed by atoms with Gasteiger partial charge in [-0.05, 0) is 29.8 Å². The number of nitrogens with zero attached hydrogens (tertiary/aromatic N) is 2. The van der Waals surface area contributed by atoms with Gasteiger partial charge in [0.1, 0.15) is 28.7 Å².